The van der Waals surface area contributed by atoms with Crippen molar-refractivity contribution in [1.82, 2.24) is 9.80 Å². The van der Waals surface area contributed by atoms with Crippen LogP contribution in [0, 0.1) is 0 Å². The number of thioether (sulfide) groups is 1. The predicted octanol–water partition coefficient (Wildman–Crippen LogP) is 4.64. The highest BCUT2D eigenvalue weighted by Gasteiger charge is 2.26. The van der Waals surface area contributed by atoms with Crippen molar-refractivity contribution in [3.8, 4) is 0 Å². The second-order valence-corrected chi connectivity index (χ2v) is 8.86. The second-order valence-electron chi connectivity index (χ2n) is 6.81. The molecule has 1 aromatic heterocycles. The molecule has 29 heavy (non-hydrogen) atoms. The lowest BCUT2D eigenvalue weighted by Crippen LogP contribution is -2.50. The molecule has 0 bridgehead atoms. The molecule has 0 radical (unpaired) electrons. The summed E-state index contributed by atoms with van der Waals surface area (Å²) >= 11 is 3.43. The number of carbonyl (C=O) groups is 2. The van der Waals surface area contributed by atoms with Gasteiger partial charge in [0.25, 0.3) is 11.8 Å². The van der Waals surface area contributed by atoms with Gasteiger partial charge in [0.15, 0.2) is 0 Å². The van der Waals surface area contributed by atoms with Gasteiger partial charge in [-0.25, -0.2) is 0 Å². The van der Waals surface area contributed by atoms with Crippen LogP contribution in [0.3, 0.4) is 0 Å². The average molecular weight is 423 g/mol. The Hall–Kier alpha value is -2.57. The normalized spacial score (nSPS) is 14.1. The molecule has 1 aliphatic heterocycles. The van der Waals surface area contributed by atoms with Crippen molar-refractivity contribution < 1.29 is 9.59 Å². The summed E-state index contributed by atoms with van der Waals surface area (Å²) in [6.07, 6.45) is 0. The highest BCUT2D eigenvalue weighted by atomic mass is 32.2. The summed E-state index contributed by atoms with van der Waals surface area (Å²) < 4.78 is 0. The first-order valence-electron chi connectivity index (χ1n) is 9.60. The minimum Gasteiger partial charge on any atom is -0.335 e. The number of benzene rings is 2. The van der Waals surface area contributed by atoms with E-state index < -0.39 is 0 Å². The van der Waals surface area contributed by atoms with Crippen LogP contribution in [0.2, 0.25) is 0 Å². The lowest BCUT2D eigenvalue weighted by atomic mass is 10.1. The topological polar surface area (TPSA) is 40.6 Å². The molecule has 4 nitrogen and oxygen atoms in total. The molecule has 2 amide bonds. The fourth-order valence-electron chi connectivity index (χ4n) is 3.36. The van der Waals surface area contributed by atoms with E-state index in [1.54, 1.807) is 23.1 Å². The molecule has 1 fully saturated rings. The molecular weight excluding hydrogens is 400 g/mol. The van der Waals surface area contributed by atoms with Gasteiger partial charge in [-0.1, -0.05) is 36.4 Å². The van der Waals surface area contributed by atoms with Gasteiger partial charge in [0.1, 0.15) is 0 Å². The third kappa shape index (κ3) is 4.71. The molecule has 4 rings (SSSR count). The molecule has 6 heteroatoms. The van der Waals surface area contributed by atoms with Gasteiger partial charge in [-0.2, -0.15) is 0 Å². The van der Waals surface area contributed by atoms with E-state index >= 15 is 0 Å². The van der Waals surface area contributed by atoms with Gasteiger partial charge >= 0.3 is 0 Å². The Morgan fingerprint density at radius 3 is 2.14 bits per heavy atom. The van der Waals surface area contributed by atoms with Crippen LogP contribution in [-0.2, 0) is 5.75 Å². The summed E-state index contributed by atoms with van der Waals surface area (Å²) in [5, 5.41) is 2.07. The van der Waals surface area contributed by atoms with Crippen LogP contribution in [0.4, 0.5) is 0 Å². The Kier molecular flexibility index (Phi) is 6.32. The fourth-order valence-corrected chi connectivity index (χ4v) is 5.18. The molecule has 0 N–H and O–H groups in total. The largest absolute Gasteiger partial charge is 0.335 e. The van der Waals surface area contributed by atoms with E-state index in [1.165, 1.54) is 4.88 Å². The van der Waals surface area contributed by atoms with Gasteiger partial charge in [-0.15, -0.1) is 23.1 Å². The first kappa shape index (κ1) is 19.7. The maximum absolute atomic E-state index is 13.1. The van der Waals surface area contributed by atoms with E-state index in [9.17, 15) is 9.59 Å². The van der Waals surface area contributed by atoms with Crippen LogP contribution >= 0.6 is 23.1 Å². The van der Waals surface area contributed by atoms with Crippen molar-refractivity contribution in [2.24, 2.45) is 0 Å². The zero-order valence-electron chi connectivity index (χ0n) is 16.0. The molecule has 148 valence electrons. The lowest BCUT2D eigenvalue weighted by Gasteiger charge is -2.35. The van der Waals surface area contributed by atoms with Crippen molar-refractivity contribution >= 4 is 34.9 Å². The SMILES string of the molecule is O=C(c1ccccc1)N1CCN(C(=O)c2ccccc2SCc2cccs2)CC1. The number of hydrogen-bond donors (Lipinski definition) is 0. The molecule has 0 aliphatic carbocycles. The Labute approximate surface area is 179 Å². The summed E-state index contributed by atoms with van der Waals surface area (Å²) in [5.41, 5.74) is 1.44. The van der Waals surface area contributed by atoms with Crippen LogP contribution in [0.5, 0.6) is 0 Å². The van der Waals surface area contributed by atoms with Gasteiger partial charge in [0.2, 0.25) is 0 Å². The Morgan fingerprint density at radius 1 is 0.793 bits per heavy atom. The number of carbonyl (C=O) groups excluding carboxylic acids is 2. The number of piperazine rings is 1. The maximum Gasteiger partial charge on any atom is 0.255 e. The Balaban J connectivity index is 1.39. The number of amides is 2. The minimum atomic E-state index is 0.0320. The smallest absolute Gasteiger partial charge is 0.255 e. The molecule has 0 spiro atoms. The van der Waals surface area contributed by atoms with Crippen LogP contribution in [-0.4, -0.2) is 47.8 Å². The number of thiophene rings is 1. The molecule has 2 aromatic carbocycles. The Bertz CT molecular complexity index is 966. The van der Waals surface area contributed by atoms with Crippen LogP contribution < -0.4 is 0 Å². The van der Waals surface area contributed by atoms with Crippen molar-refractivity contribution in [3.63, 3.8) is 0 Å². The number of hydrogen-bond acceptors (Lipinski definition) is 4. The lowest BCUT2D eigenvalue weighted by molar-refractivity contribution is 0.0533. The summed E-state index contributed by atoms with van der Waals surface area (Å²) in [5.74, 6) is 0.942. The predicted molar refractivity (Wildman–Crippen MR) is 119 cm³/mol. The van der Waals surface area contributed by atoms with Crippen LogP contribution in [0.1, 0.15) is 25.6 Å². The molecule has 2 heterocycles. The van der Waals surface area contributed by atoms with Crippen molar-refractivity contribution in [2.75, 3.05) is 26.2 Å². The van der Waals surface area contributed by atoms with Gasteiger partial charge in [0.05, 0.1) is 5.56 Å². The number of nitrogens with zero attached hydrogens (tertiary/aromatic N) is 2. The van der Waals surface area contributed by atoms with Crippen LogP contribution in [0.25, 0.3) is 0 Å². The van der Waals surface area contributed by atoms with Crippen molar-refractivity contribution in [3.05, 3.63) is 88.1 Å². The van der Waals surface area contributed by atoms with E-state index in [4.69, 9.17) is 0 Å². The third-order valence-corrected chi connectivity index (χ3v) is 7.12. The van der Waals surface area contributed by atoms with E-state index in [-0.39, 0.29) is 11.8 Å². The first-order chi connectivity index (χ1) is 14.2. The van der Waals surface area contributed by atoms with Gasteiger partial charge in [-0.3, -0.25) is 9.59 Å². The summed E-state index contributed by atoms with van der Waals surface area (Å²) in [6, 6.07) is 21.3. The molecule has 1 saturated heterocycles. The molecule has 0 saturated carbocycles. The maximum atomic E-state index is 13.1. The zero-order chi connectivity index (χ0) is 20.1. The summed E-state index contributed by atoms with van der Waals surface area (Å²) in [4.78, 5) is 31.8. The van der Waals surface area contributed by atoms with Gasteiger partial charge < -0.3 is 9.80 Å². The van der Waals surface area contributed by atoms with Crippen molar-refractivity contribution in [1.29, 1.82) is 0 Å². The van der Waals surface area contributed by atoms with E-state index in [2.05, 4.69) is 11.4 Å². The molecule has 0 atom stereocenters. The summed E-state index contributed by atoms with van der Waals surface area (Å²) in [6.45, 7) is 2.23. The molecule has 1 aliphatic rings. The molecule has 3 aromatic rings. The van der Waals surface area contributed by atoms with Crippen LogP contribution in [0.15, 0.2) is 77.0 Å². The average Bonchev–Trinajstić information content (AvgIpc) is 3.31. The molecular formula is C23H22N2O2S2. The quantitative estimate of drug-likeness (QED) is 0.563. The minimum absolute atomic E-state index is 0.0320. The van der Waals surface area contributed by atoms with E-state index in [0.29, 0.717) is 31.7 Å². The monoisotopic (exact) mass is 422 g/mol. The van der Waals surface area contributed by atoms with E-state index in [0.717, 1.165) is 16.2 Å². The molecule has 0 unspecified atom stereocenters. The highest BCUT2D eigenvalue weighted by Crippen LogP contribution is 2.29. The second kappa shape index (κ2) is 9.29. The standard InChI is InChI=1S/C23H22N2O2S2/c26-22(18-7-2-1-3-8-18)24-12-14-25(15-13-24)23(27)20-10-4-5-11-21(20)29-17-19-9-6-16-28-19/h1-11,16H,12-15,17H2. The fraction of sp³-hybridized carbons (Fsp3) is 0.217. The summed E-state index contributed by atoms with van der Waals surface area (Å²) in [7, 11) is 0. The first-order valence-corrected chi connectivity index (χ1v) is 11.5. The zero-order valence-corrected chi connectivity index (χ0v) is 17.6. The highest BCUT2D eigenvalue weighted by molar-refractivity contribution is 7.98. The number of rotatable bonds is 5. The Morgan fingerprint density at radius 2 is 1.45 bits per heavy atom. The van der Waals surface area contributed by atoms with E-state index in [1.807, 2.05) is 70.5 Å². The van der Waals surface area contributed by atoms with Gasteiger partial charge in [-0.05, 0) is 35.7 Å². The van der Waals surface area contributed by atoms with Gasteiger partial charge in [0, 0.05) is 47.3 Å². The van der Waals surface area contributed by atoms with Crippen molar-refractivity contribution in [2.45, 2.75) is 10.6 Å². The third-order valence-electron chi connectivity index (χ3n) is 4.94.